The number of ether oxygens (including phenoxy) is 2. The summed E-state index contributed by atoms with van der Waals surface area (Å²) >= 11 is 0. The molecule has 0 N–H and O–H groups in total. The molecule has 0 spiro atoms. The molecule has 0 aromatic carbocycles. The Morgan fingerprint density at radius 2 is 1.50 bits per heavy atom. The molecule has 0 saturated heterocycles. The predicted molar refractivity (Wildman–Crippen MR) is 79.3 cm³/mol. The molecule has 0 aliphatic carbocycles. The molecule has 0 heterocycles. The number of methoxy groups -OCH3 is 2. The summed E-state index contributed by atoms with van der Waals surface area (Å²) in [5, 5.41) is 0. The average molecular weight is 286 g/mol. The molecule has 0 aliphatic heterocycles. The summed E-state index contributed by atoms with van der Waals surface area (Å²) < 4.78 is 9.78. The van der Waals surface area contributed by atoms with E-state index in [-0.39, 0.29) is 0 Å². The van der Waals surface area contributed by atoms with Crippen LogP contribution in [0.5, 0.6) is 0 Å². The molecule has 0 aromatic rings. The van der Waals surface area contributed by atoms with Crippen molar-refractivity contribution in [1.82, 2.24) is 0 Å². The Hall–Kier alpha value is -1.06. The highest BCUT2D eigenvalue weighted by molar-refractivity contribution is 5.99. The lowest BCUT2D eigenvalue weighted by molar-refractivity contribution is -0.170. The second-order valence-electron chi connectivity index (χ2n) is 5.81. The summed E-state index contributed by atoms with van der Waals surface area (Å²) in [6, 6.07) is 0. The van der Waals surface area contributed by atoms with Gasteiger partial charge in [0, 0.05) is 0 Å². The van der Waals surface area contributed by atoms with Crippen molar-refractivity contribution in [3.05, 3.63) is 0 Å². The highest BCUT2D eigenvalue weighted by Crippen LogP contribution is 2.35. The first-order valence-electron chi connectivity index (χ1n) is 7.61. The lowest BCUT2D eigenvalue weighted by Crippen LogP contribution is -2.41. The molecule has 0 radical (unpaired) electrons. The summed E-state index contributed by atoms with van der Waals surface area (Å²) in [4.78, 5) is 24.4. The molecule has 0 unspecified atom stereocenters. The van der Waals surface area contributed by atoms with Crippen molar-refractivity contribution < 1.29 is 19.1 Å². The van der Waals surface area contributed by atoms with Crippen molar-refractivity contribution in [3.8, 4) is 0 Å². The van der Waals surface area contributed by atoms with Crippen LogP contribution in [0.2, 0.25) is 0 Å². The van der Waals surface area contributed by atoms with Crippen LogP contribution in [-0.4, -0.2) is 26.2 Å². The van der Waals surface area contributed by atoms with Gasteiger partial charge in [0.05, 0.1) is 14.2 Å². The zero-order chi connectivity index (χ0) is 15.6. The van der Waals surface area contributed by atoms with Gasteiger partial charge in [-0.15, -0.1) is 0 Å². The molecule has 4 heteroatoms. The first-order chi connectivity index (χ1) is 9.44. The molecule has 0 fully saturated rings. The number of rotatable bonds is 10. The number of carbonyl (C=O) groups is 2. The van der Waals surface area contributed by atoms with E-state index >= 15 is 0 Å². The third-order valence-corrected chi connectivity index (χ3v) is 3.76. The Bertz CT molecular complexity index is 281. The van der Waals surface area contributed by atoms with Gasteiger partial charge in [-0.2, -0.15) is 0 Å². The molecule has 0 amide bonds. The van der Waals surface area contributed by atoms with Crippen molar-refractivity contribution in [2.24, 2.45) is 11.3 Å². The second-order valence-corrected chi connectivity index (χ2v) is 5.81. The summed E-state index contributed by atoms with van der Waals surface area (Å²) in [7, 11) is 2.67. The minimum absolute atomic E-state index is 0.430. The normalized spacial score (nSPS) is 11.5. The minimum atomic E-state index is -1.12. The van der Waals surface area contributed by atoms with Gasteiger partial charge in [-0.3, -0.25) is 9.59 Å². The van der Waals surface area contributed by atoms with E-state index < -0.39 is 17.4 Å². The highest BCUT2D eigenvalue weighted by atomic mass is 16.5. The van der Waals surface area contributed by atoms with E-state index in [1.54, 1.807) is 0 Å². The number of unbranched alkanes of at least 4 members (excludes halogenated alkanes) is 3. The van der Waals surface area contributed by atoms with Crippen molar-refractivity contribution in [3.63, 3.8) is 0 Å². The highest BCUT2D eigenvalue weighted by Gasteiger charge is 2.47. The molecule has 20 heavy (non-hydrogen) atoms. The van der Waals surface area contributed by atoms with E-state index in [9.17, 15) is 9.59 Å². The van der Waals surface area contributed by atoms with E-state index in [2.05, 4.69) is 20.8 Å². The van der Waals surface area contributed by atoms with Crippen molar-refractivity contribution >= 4 is 11.9 Å². The summed E-state index contributed by atoms with van der Waals surface area (Å²) in [5.74, 6) is -0.484. The average Bonchev–Trinajstić information content (AvgIpc) is 2.45. The molecular weight excluding hydrogens is 256 g/mol. The Labute approximate surface area is 123 Å². The third kappa shape index (κ3) is 5.51. The fraction of sp³-hybridized carbons (Fsp3) is 0.875. The van der Waals surface area contributed by atoms with E-state index in [1.807, 2.05) is 0 Å². The summed E-state index contributed by atoms with van der Waals surface area (Å²) in [6.45, 7) is 6.29. The van der Waals surface area contributed by atoms with Crippen LogP contribution in [0.1, 0.15) is 65.7 Å². The predicted octanol–water partition coefficient (Wildman–Crippen LogP) is 3.73. The van der Waals surface area contributed by atoms with Crippen LogP contribution in [0.3, 0.4) is 0 Å². The van der Waals surface area contributed by atoms with Crippen molar-refractivity contribution in [1.29, 1.82) is 0 Å². The van der Waals surface area contributed by atoms with Crippen LogP contribution >= 0.6 is 0 Å². The Morgan fingerprint density at radius 1 is 0.950 bits per heavy atom. The van der Waals surface area contributed by atoms with E-state index in [0.717, 1.165) is 32.1 Å². The molecule has 0 saturated carbocycles. The number of hydrogen-bond acceptors (Lipinski definition) is 4. The van der Waals surface area contributed by atoms with Gasteiger partial charge in [-0.05, 0) is 25.2 Å². The standard InChI is InChI=1S/C16H30O4/c1-6-7-8-9-11-16(14(17)19-4,15(18)20-5)12-10-13(2)3/h13H,6-12H2,1-5H3. The molecule has 0 rings (SSSR count). The van der Waals surface area contributed by atoms with E-state index in [4.69, 9.17) is 9.47 Å². The van der Waals surface area contributed by atoms with E-state index in [1.165, 1.54) is 14.2 Å². The van der Waals surface area contributed by atoms with Crippen molar-refractivity contribution in [2.75, 3.05) is 14.2 Å². The maximum Gasteiger partial charge on any atom is 0.323 e. The number of carbonyl (C=O) groups excluding carboxylic acids is 2. The smallest absolute Gasteiger partial charge is 0.323 e. The summed E-state index contributed by atoms with van der Waals surface area (Å²) in [5.41, 5.74) is -1.12. The van der Waals surface area contributed by atoms with Crippen LogP contribution in [0.25, 0.3) is 0 Å². The third-order valence-electron chi connectivity index (χ3n) is 3.76. The van der Waals surface area contributed by atoms with Crippen molar-refractivity contribution in [2.45, 2.75) is 65.7 Å². The first-order valence-corrected chi connectivity index (χ1v) is 7.61. The summed E-state index contributed by atoms with van der Waals surface area (Å²) in [6.07, 6.45) is 5.91. The van der Waals surface area contributed by atoms with Gasteiger partial charge < -0.3 is 9.47 Å². The monoisotopic (exact) mass is 286 g/mol. The topological polar surface area (TPSA) is 52.6 Å². The Kier molecular flexibility index (Phi) is 9.26. The minimum Gasteiger partial charge on any atom is -0.468 e. The fourth-order valence-corrected chi connectivity index (χ4v) is 2.40. The zero-order valence-electron chi connectivity index (χ0n) is 13.7. The lowest BCUT2D eigenvalue weighted by atomic mass is 9.77. The molecule has 4 nitrogen and oxygen atoms in total. The van der Waals surface area contributed by atoms with Crippen LogP contribution < -0.4 is 0 Å². The van der Waals surface area contributed by atoms with E-state index in [0.29, 0.717) is 18.8 Å². The van der Waals surface area contributed by atoms with Crippen LogP contribution in [0.4, 0.5) is 0 Å². The van der Waals surface area contributed by atoms with Gasteiger partial charge in [-0.1, -0.05) is 46.5 Å². The second kappa shape index (κ2) is 9.78. The molecule has 0 bridgehead atoms. The number of esters is 2. The Morgan fingerprint density at radius 3 is 1.90 bits per heavy atom. The van der Waals surface area contributed by atoms with Gasteiger partial charge in [0.2, 0.25) is 0 Å². The number of hydrogen-bond donors (Lipinski definition) is 0. The molecule has 118 valence electrons. The van der Waals surface area contributed by atoms with Gasteiger partial charge in [0.1, 0.15) is 0 Å². The molecule has 0 aliphatic rings. The van der Waals surface area contributed by atoms with Gasteiger partial charge in [0.15, 0.2) is 5.41 Å². The molecule has 0 aromatic heterocycles. The quantitative estimate of drug-likeness (QED) is 0.349. The van der Waals surface area contributed by atoms with Gasteiger partial charge in [0.25, 0.3) is 0 Å². The SMILES string of the molecule is CCCCCCC(CCC(C)C)(C(=O)OC)C(=O)OC. The van der Waals surface area contributed by atoms with Gasteiger partial charge in [-0.25, -0.2) is 0 Å². The zero-order valence-corrected chi connectivity index (χ0v) is 13.7. The maximum absolute atomic E-state index is 12.2. The fourth-order valence-electron chi connectivity index (χ4n) is 2.40. The van der Waals surface area contributed by atoms with Gasteiger partial charge >= 0.3 is 11.9 Å². The van der Waals surface area contributed by atoms with Crippen LogP contribution in [0.15, 0.2) is 0 Å². The maximum atomic E-state index is 12.2. The van der Waals surface area contributed by atoms with Crippen LogP contribution in [0, 0.1) is 11.3 Å². The molecular formula is C16H30O4. The molecule has 0 atom stereocenters. The lowest BCUT2D eigenvalue weighted by Gasteiger charge is -2.29. The van der Waals surface area contributed by atoms with Crippen LogP contribution in [-0.2, 0) is 19.1 Å². The largest absolute Gasteiger partial charge is 0.468 e. The first kappa shape index (κ1) is 18.9. The Balaban J connectivity index is 5.00.